The van der Waals surface area contributed by atoms with E-state index in [0.717, 1.165) is 11.4 Å². The molecule has 1 nitrogen and oxygen atoms in total. The molecule has 1 saturated carbocycles. The average Bonchev–Trinajstić information content (AvgIpc) is 3.97. The number of benzene rings is 9. The van der Waals surface area contributed by atoms with Crippen LogP contribution in [0.15, 0.2) is 200 Å². The van der Waals surface area contributed by atoms with Crippen molar-refractivity contribution in [2.24, 2.45) is 0 Å². The Balaban J connectivity index is 1.17. The Bertz CT molecular complexity index is 2980. The first-order valence-corrected chi connectivity index (χ1v) is 20.6. The van der Waals surface area contributed by atoms with Crippen molar-refractivity contribution in [2.75, 3.05) is 4.90 Å². The second-order valence-electron chi connectivity index (χ2n) is 16.3. The zero-order valence-corrected chi connectivity index (χ0v) is 31.8. The molecule has 12 rings (SSSR count). The van der Waals surface area contributed by atoms with Gasteiger partial charge in [-0.1, -0.05) is 183 Å². The van der Waals surface area contributed by atoms with Crippen LogP contribution < -0.4 is 4.90 Å². The van der Waals surface area contributed by atoms with Crippen LogP contribution in [0.4, 0.5) is 17.1 Å². The molecule has 270 valence electrons. The Labute approximate surface area is 334 Å². The van der Waals surface area contributed by atoms with E-state index in [1.54, 1.807) is 0 Å². The molecule has 9 aromatic rings. The standard InChI is InChI=1S/C56H41N/c1-3-17-40(18-4-1)56(41-19-5-2-6-20-41)50-25-12-9-22-45(50)46-33-32-43(37-52(46)56)57(42-31-30-39-29-28-38-16-7-8-21-44(38)48(39)36-42)53-27-15-26-51-54(53)47-23-10-11-24-49(47)55(51)34-13-14-35-55/h1-12,15-33,36-37H,13-14,34-35H2. The number of nitrogens with zero attached hydrogens (tertiary/aromatic N) is 1. The van der Waals surface area contributed by atoms with Gasteiger partial charge in [-0.15, -0.1) is 0 Å². The maximum Gasteiger partial charge on any atom is 0.0714 e. The van der Waals surface area contributed by atoms with Gasteiger partial charge in [-0.3, -0.25) is 0 Å². The van der Waals surface area contributed by atoms with Crippen molar-refractivity contribution in [2.45, 2.75) is 36.5 Å². The summed E-state index contributed by atoms with van der Waals surface area (Å²) in [5.41, 5.74) is 16.7. The molecule has 3 aliphatic carbocycles. The van der Waals surface area contributed by atoms with E-state index >= 15 is 0 Å². The maximum absolute atomic E-state index is 2.58. The highest BCUT2D eigenvalue weighted by molar-refractivity contribution is 6.09. The fourth-order valence-corrected chi connectivity index (χ4v) is 11.3. The molecule has 1 fully saturated rings. The van der Waals surface area contributed by atoms with Gasteiger partial charge in [0, 0.05) is 22.4 Å². The lowest BCUT2D eigenvalue weighted by Gasteiger charge is -2.35. The van der Waals surface area contributed by atoms with Crippen molar-refractivity contribution >= 4 is 38.6 Å². The lowest BCUT2D eigenvalue weighted by atomic mass is 9.67. The van der Waals surface area contributed by atoms with Crippen LogP contribution in [-0.2, 0) is 10.8 Å². The van der Waals surface area contributed by atoms with Crippen LogP contribution in [0.5, 0.6) is 0 Å². The van der Waals surface area contributed by atoms with Crippen molar-refractivity contribution in [1.29, 1.82) is 0 Å². The Morgan fingerprint density at radius 1 is 0.368 bits per heavy atom. The third-order valence-electron chi connectivity index (χ3n) is 13.7. The molecule has 3 aliphatic rings. The summed E-state index contributed by atoms with van der Waals surface area (Å²) in [6.45, 7) is 0. The van der Waals surface area contributed by atoms with Gasteiger partial charge in [-0.05, 0) is 115 Å². The highest BCUT2D eigenvalue weighted by Crippen LogP contribution is 2.61. The van der Waals surface area contributed by atoms with Crippen LogP contribution in [0.2, 0.25) is 0 Å². The summed E-state index contributed by atoms with van der Waals surface area (Å²) in [4.78, 5) is 2.58. The van der Waals surface area contributed by atoms with Crippen LogP contribution in [0, 0.1) is 0 Å². The first kappa shape index (κ1) is 32.5. The van der Waals surface area contributed by atoms with Crippen molar-refractivity contribution < 1.29 is 0 Å². The molecule has 0 atom stereocenters. The van der Waals surface area contributed by atoms with Crippen LogP contribution in [0.1, 0.15) is 59.1 Å². The topological polar surface area (TPSA) is 3.24 Å². The molecule has 0 heterocycles. The van der Waals surface area contributed by atoms with E-state index in [-0.39, 0.29) is 5.41 Å². The molecule has 0 amide bonds. The zero-order valence-electron chi connectivity index (χ0n) is 31.8. The normalized spacial score (nSPS) is 15.4. The molecule has 0 radical (unpaired) electrons. The second-order valence-corrected chi connectivity index (χ2v) is 16.3. The minimum Gasteiger partial charge on any atom is -0.310 e. The predicted molar refractivity (Wildman–Crippen MR) is 238 cm³/mol. The van der Waals surface area contributed by atoms with E-state index in [1.807, 2.05) is 0 Å². The molecule has 0 aromatic heterocycles. The minimum atomic E-state index is -0.491. The van der Waals surface area contributed by atoms with Crippen molar-refractivity contribution in [1.82, 2.24) is 0 Å². The molecule has 0 saturated heterocycles. The molecule has 0 bridgehead atoms. The van der Waals surface area contributed by atoms with Crippen LogP contribution >= 0.6 is 0 Å². The lowest BCUT2D eigenvalue weighted by Crippen LogP contribution is -2.28. The number of hydrogen-bond donors (Lipinski definition) is 0. The molecule has 0 N–H and O–H groups in total. The van der Waals surface area contributed by atoms with Gasteiger partial charge in [0.2, 0.25) is 0 Å². The van der Waals surface area contributed by atoms with E-state index in [0.29, 0.717) is 0 Å². The summed E-state index contributed by atoms with van der Waals surface area (Å²) in [7, 11) is 0. The third kappa shape index (κ3) is 4.51. The summed E-state index contributed by atoms with van der Waals surface area (Å²) in [5, 5.41) is 5.06. The van der Waals surface area contributed by atoms with Gasteiger partial charge in [0.1, 0.15) is 0 Å². The fraction of sp³-hybridized carbons (Fsp3) is 0.107. The quantitative estimate of drug-likeness (QED) is 0.160. The smallest absolute Gasteiger partial charge is 0.0714 e. The van der Waals surface area contributed by atoms with E-state index in [1.165, 1.54) is 109 Å². The molecule has 0 aliphatic heterocycles. The van der Waals surface area contributed by atoms with E-state index in [4.69, 9.17) is 0 Å². The predicted octanol–water partition coefficient (Wildman–Crippen LogP) is 14.7. The summed E-state index contributed by atoms with van der Waals surface area (Å²) in [6, 6.07) is 75.5. The van der Waals surface area contributed by atoms with Crippen molar-refractivity contribution in [3.63, 3.8) is 0 Å². The molecular weight excluding hydrogens is 687 g/mol. The van der Waals surface area contributed by atoms with E-state index < -0.39 is 5.41 Å². The molecule has 9 aromatic carbocycles. The van der Waals surface area contributed by atoms with Gasteiger partial charge in [-0.2, -0.15) is 0 Å². The molecule has 1 heteroatoms. The maximum atomic E-state index is 2.58. The molecular formula is C56H41N. The zero-order chi connectivity index (χ0) is 37.6. The van der Waals surface area contributed by atoms with Crippen LogP contribution in [-0.4, -0.2) is 0 Å². The number of rotatable bonds is 5. The van der Waals surface area contributed by atoms with Gasteiger partial charge in [-0.25, -0.2) is 0 Å². The monoisotopic (exact) mass is 727 g/mol. The SMILES string of the molecule is c1ccc(C2(c3ccccc3)c3ccccc3-c3ccc(N(c4ccc5ccc6ccccc6c5c4)c4cccc5c4-c4ccccc4C54CCCC4)cc32)cc1. The molecule has 57 heavy (non-hydrogen) atoms. The number of hydrogen-bond acceptors (Lipinski definition) is 1. The summed E-state index contributed by atoms with van der Waals surface area (Å²) >= 11 is 0. The summed E-state index contributed by atoms with van der Waals surface area (Å²) in [6.07, 6.45) is 4.95. The average molecular weight is 728 g/mol. The van der Waals surface area contributed by atoms with Gasteiger partial charge < -0.3 is 4.90 Å². The van der Waals surface area contributed by atoms with Crippen molar-refractivity contribution in [3.8, 4) is 22.3 Å². The minimum absolute atomic E-state index is 0.0720. The molecule has 1 spiro atoms. The van der Waals surface area contributed by atoms with Gasteiger partial charge in [0.25, 0.3) is 0 Å². The highest BCUT2D eigenvalue weighted by Gasteiger charge is 2.48. The Morgan fingerprint density at radius 2 is 0.930 bits per heavy atom. The Morgan fingerprint density at radius 3 is 1.70 bits per heavy atom. The Hall–Kier alpha value is -6.70. The number of fused-ring (bicyclic) bond motifs is 11. The number of anilines is 3. The van der Waals surface area contributed by atoms with Gasteiger partial charge >= 0.3 is 0 Å². The lowest BCUT2D eigenvalue weighted by molar-refractivity contribution is 0.550. The van der Waals surface area contributed by atoms with Gasteiger partial charge in [0.15, 0.2) is 0 Å². The van der Waals surface area contributed by atoms with Gasteiger partial charge in [0.05, 0.1) is 11.1 Å². The van der Waals surface area contributed by atoms with E-state index in [2.05, 4.69) is 205 Å². The van der Waals surface area contributed by atoms with Crippen molar-refractivity contribution in [3.05, 3.63) is 234 Å². The second kappa shape index (κ2) is 12.4. The Kier molecular flexibility index (Phi) is 7.08. The summed E-state index contributed by atoms with van der Waals surface area (Å²) < 4.78 is 0. The summed E-state index contributed by atoms with van der Waals surface area (Å²) in [5.74, 6) is 0. The van der Waals surface area contributed by atoms with Crippen LogP contribution in [0.25, 0.3) is 43.8 Å². The third-order valence-corrected chi connectivity index (χ3v) is 13.7. The van der Waals surface area contributed by atoms with E-state index in [9.17, 15) is 0 Å². The highest BCUT2D eigenvalue weighted by atomic mass is 15.1. The molecule has 0 unspecified atom stereocenters. The first-order valence-electron chi connectivity index (χ1n) is 20.6. The first-order chi connectivity index (χ1) is 28.3. The van der Waals surface area contributed by atoms with Crippen LogP contribution in [0.3, 0.4) is 0 Å². The largest absolute Gasteiger partial charge is 0.310 e. The fourth-order valence-electron chi connectivity index (χ4n) is 11.3.